The smallest absolute Gasteiger partial charge is 0.303 e. The summed E-state index contributed by atoms with van der Waals surface area (Å²) in [4.78, 5) is 11.0. The Morgan fingerprint density at radius 2 is 1.75 bits per heavy atom. The lowest BCUT2D eigenvalue weighted by molar-refractivity contribution is -0.290. The van der Waals surface area contributed by atoms with Gasteiger partial charge in [0.15, 0.2) is 12.4 Å². The van der Waals surface area contributed by atoms with E-state index in [2.05, 4.69) is 0 Å². The van der Waals surface area contributed by atoms with Crippen LogP contribution >= 0.6 is 0 Å². The minimum Gasteiger partial charge on any atom is -0.457 e. The Balaban J connectivity index is 2.82. The summed E-state index contributed by atoms with van der Waals surface area (Å²) in [7, 11) is 2.90. The summed E-state index contributed by atoms with van der Waals surface area (Å²) in [6, 6.07) is 0. The van der Waals surface area contributed by atoms with E-state index in [-0.39, 0.29) is 0 Å². The number of esters is 1. The van der Waals surface area contributed by atoms with Crippen LogP contribution in [0.15, 0.2) is 0 Å². The zero-order chi connectivity index (χ0) is 12.3. The van der Waals surface area contributed by atoms with Gasteiger partial charge < -0.3 is 24.1 Å². The minimum atomic E-state index is -1.09. The van der Waals surface area contributed by atoms with Crippen LogP contribution in [0.1, 0.15) is 13.8 Å². The number of methoxy groups -OCH3 is 2. The number of hydrogen-bond acceptors (Lipinski definition) is 6. The molecule has 6 heteroatoms. The van der Waals surface area contributed by atoms with Crippen molar-refractivity contribution in [1.29, 1.82) is 0 Å². The van der Waals surface area contributed by atoms with Crippen molar-refractivity contribution in [3.63, 3.8) is 0 Å². The number of aliphatic hydroxyl groups is 1. The molecule has 16 heavy (non-hydrogen) atoms. The van der Waals surface area contributed by atoms with Gasteiger partial charge in [-0.2, -0.15) is 0 Å². The van der Waals surface area contributed by atoms with Crippen molar-refractivity contribution in [2.24, 2.45) is 0 Å². The molecular formula is C10H18O6. The SMILES string of the molecule is CO[C@@H]1[C@H](OC(C)=O)[C@H](C)O[C@@H](O)[C@H]1OC. The highest BCUT2D eigenvalue weighted by Crippen LogP contribution is 2.26. The Hall–Kier alpha value is -0.690. The highest BCUT2D eigenvalue weighted by Gasteiger charge is 2.46. The van der Waals surface area contributed by atoms with Gasteiger partial charge in [0.2, 0.25) is 0 Å². The van der Waals surface area contributed by atoms with Crippen molar-refractivity contribution in [3.8, 4) is 0 Å². The van der Waals surface area contributed by atoms with E-state index >= 15 is 0 Å². The van der Waals surface area contributed by atoms with Gasteiger partial charge in [-0.3, -0.25) is 4.79 Å². The molecule has 1 heterocycles. The van der Waals surface area contributed by atoms with Gasteiger partial charge in [0.05, 0.1) is 6.10 Å². The second-order valence-corrected chi connectivity index (χ2v) is 3.71. The summed E-state index contributed by atoms with van der Waals surface area (Å²) in [5, 5.41) is 9.63. The van der Waals surface area contributed by atoms with E-state index in [0.29, 0.717) is 0 Å². The van der Waals surface area contributed by atoms with E-state index in [9.17, 15) is 9.90 Å². The van der Waals surface area contributed by atoms with E-state index in [4.69, 9.17) is 18.9 Å². The number of carbonyl (C=O) groups excluding carboxylic acids is 1. The quantitative estimate of drug-likeness (QED) is 0.675. The fourth-order valence-electron chi connectivity index (χ4n) is 1.86. The Bertz CT molecular complexity index is 243. The molecule has 6 nitrogen and oxygen atoms in total. The molecular weight excluding hydrogens is 216 g/mol. The summed E-state index contributed by atoms with van der Waals surface area (Å²) in [6.07, 6.45) is -3.35. The molecule has 5 atom stereocenters. The van der Waals surface area contributed by atoms with Gasteiger partial charge in [0.25, 0.3) is 0 Å². The summed E-state index contributed by atoms with van der Waals surface area (Å²) in [6.45, 7) is 3.01. The molecule has 0 radical (unpaired) electrons. The highest BCUT2D eigenvalue weighted by atomic mass is 16.7. The standard InChI is InChI=1S/C10H18O6/c1-5-7(16-6(2)11)8(13-3)9(14-4)10(12)15-5/h5,7-10,12H,1-4H3/t5-,7+,8+,9-,10+/m0/s1. The molecule has 0 amide bonds. The molecule has 1 N–H and O–H groups in total. The van der Waals surface area contributed by atoms with Gasteiger partial charge in [-0.15, -0.1) is 0 Å². The first-order valence-corrected chi connectivity index (χ1v) is 5.07. The molecule has 1 fully saturated rings. The first kappa shape index (κ1) is 13.4. The first-order chi connectivity index (χ1) is 7.51. The van der Waals surface area contributed by atoms with Crippen LogP contribution in [0.4, 0.5) is 0 Å². The average molecular weight is 234 g/mol. The molecule has 0 saturated carbocycles. The third-order valence-electron chi connectivity index (χ3n) is 2.59. The van der Waals surface area contributed by atoms with Crippen LogP contribution in [0.2, 0.25) is 0 Å². The molecule has 1 aliphatic rings. The molecule has 0 aromatic rings. The van der Waals surface area contributed by atoms with Crippen LogP contribution in [-0.2, 0) is 23.7 Å². The van der Waals surface area contributed by atoms with Crippen LogP contribution in [0, 0.1) is 0 Å². The highest BCUT2D eigenvalue weighted by molar-refractivity contribution is 5.66. The Labute approximate surface area is 94.4 Å². The van der Waals surface area contributed by atoms with E-state index < -0.39 is 36.7 Å². The summed E-state index contributed by atoms with van der Waals surface area (Å²) in [5.41, 5.74) is 0. The van der Waals surface area contributed by atoms with Crippen LogP contribution in [-0.4, -0.2) is 56.0 Å². The molecule has 1 saturated heterocycles. The molecule has 1 aliphatic heterocycles. The van der Waals surface area contributed by atoms with E-state index in [1.807, 2.05) is 0 Å². The monoisotopic (exact) mass is 234 g/mol. The maximum Gasteiger partial charge on any atom is 0.303 e. The topological polar surface area (TPSA) is 74.2 Å². The predicted molar refractivity (Wildman–Crippen MR) is 53.7 cm³/mol. The third kappa shape index (κ3) is 2.70. The molecule has 0 aliphatic carbocycles. The van der Waals surface area contributed by atoms with Crippen molar-refractivity contribution in [1.82, 2.24) is 0 Å². The second-order valence-electron chi connectivity index (χ2n) is 3.71. The summed E-state index contributed by atoms with van der Waals surface area (Å²) in [5.74, 6) is -0.422. The van der Waals surface area contributed by atoms with Gasteiger partial charge >= 0.3 is 5.97 Å². The molecule has 0 unspecified atom stereocenters. The summed E-state index contributed by atoms with van der Waals surface area (Å²) < 4.78 is 20.6. The van der Waals surface area contributed by atoms with Gasteiger partial charge in [-0.05, 0) is 6.92 Å². The van der Waals surface area contributed by atoms with Gasteiger partial charge in [0.1, 0.15) is 12.2 Å². The Kier molecular flexibility index (Phi) is 4.67. The van der Waals surface area contributed by atoms with E-state index in [1.165, 1.54) is 21.1 Å². The van der Waals surface area contributed by atoms with Gasteiger partial charge in [-0.25, -0.2) is 0 Å². The van der Waals surface area contributed by atoms with Crippen molar-refractivity contribution >= 4 is 5.97 Å². The zero-order valence-corrected chi connectivity index (χ0v) is 9.88. The van der Waals surface area contributed by atoms with Crippen LogP contribution < -0.4 is 0 Å². The number of carbonyl (C=O) groups is 1. The van der Waals surface area contributed by atoms with Gasteiger partial charge in [0, 0.05) is 21.1 Å². The van der Waals surface area contributed by atoms with Crippen molar-refractivity contribution in [2.45, 2.75) is 44.6 Å². The Morgan fingerprint density at radius 3 is 2.19 bits per heavy atom. The number of ether oxygens (including phenoxy) is 4. The molecule has 94 valence electrons. The minimum absolute atomic E-state index is 0.422. The zero-order valence-electron chi connectivity index (χ0n) is 9.88. The molecule has 1 rings (SSSR count). The number of hydrogen-bond donors (Lipinski definition) is 1. The lowest BCUT2D eigenvalue weighted by Gasteiger charge is -2.41. The fourth-order valence-corrected chi connectivity index (χ4v) is 1.86. The first-order valence-electron chi connectivity index (χ1n) is 5.07. The maximum absolute atomic E-state index is 11.0. The van der Waals surface area contributed by atoms with Crippen LogP contribution in [0.25, 0.3) is 0 Å². The predicted octanol–water partition coefficient (Wildman–Crippen LogP) is -0.315. The van der Waals surface area contributed by atoms with Crippen LogP contribution in [0.5, 0.6) is 0 Å². The van der Waals surface area contributed by atoms with Crippen molar-refractivity contribution in [2.75, 3.05) is 14.2 Å². The van der Waals surface area contributed by atoms with Gasteiger partial charge in [-0.1, -0.05) is 0 Å². The average Bonchev–Trinajstić information content (AvgIpc) is 2.20. The number of aliphatic hydroxyl groups excluding tert-OH is 1. The van der Waals surface area contributed by atoms with E-state index in [1.54, 1.807) is 6.92 Å². The number of rotatable bonds is 3. The lowest BCUT2D eigenvalue weighted by atomic mass is 9.99. The Morgan fingerprint density at radius 1 is 1.19 bits per heavy atom. The largest absolute Gasteiger partial charge is 0.457 e. The second kappa shape index (κ2) is 5.58. The molecule has 0 spiro atoms. The molecule has 0 bridgehead atoms. The maximum atomic E-state index is 11.0. The van der Waals surface area contributed by atoms with Crippen molar-refractivity contribution < 1.29 is 28.8 Å². The fraction of sp³-hybridized carbons (Fsp3) is 0.900. The van der Waals surface area contributed by atoms with Crippen LogP contribution in [0.3, 0.4) is 0 Å². The van der Waals surface area contributed by atoms with Crippen molar-refractivity contribution in [3.05, 3.63) is 0 Å². The normalized spacial score (nSPS) is 39.4. The van der Waals surface area contributed by atoms with E-state index in [0.717, 1.165) is 0 Å². The third-order valence-corrected chi connectivity index (χ3v) is 2.59. The lowest BCUT2D eigenvalue weighted by Crippen LogP contribution is -2.59. The molecule has 0 aromatic carbocycles. The molecule has 0 aromatic heterocycles. The summed E-state index contributed by atoms with van der Waals surface area (Å²) >= 11 is 0.